The highest BCUT2D eigenvalue weighted by atomic mass is 16.3. The minimum absolute atomic E-state index is 0.000139. The minimum atomic E-state index is -0.799. The lowest BCUT2D eigenvalue weighted by molar-refractivity contribution is -0.133. The van der Waals surface area contributed by atoms with E-state index in [4.69, 9.17) is 0 Å². The van der Waals surface area contributed by atoms with E-state index in [0.29, 0.717) is 5.56 Å². The fraction of sp³-hybridized carbons (Fsp3) is 0.200. The molecule has 2 rings (SSSR count). The third-order valence-corrected chi connectivity index (χ3v) is 2.24. The molecule has 1 fully saturated rings. The average molecular weight is 206 g/mol. The number of amides is 2. The molecule has 0 saturated carbocycles. The quantitative estimate of drug-likeness (QED) is 0.589. The number of aromatic hydroxyl groups is 1. The van der Waals surface area contributed by atoms with Crippen LogP contribution in [0, 0.1) is 0 Å². The van der Waals surface area contributed by atoms with Crippen LogP contribution in [-0.2, 0) is 9.59 Å². The number of carbonyl (C=O) groups is 2. The molecule has 0 radical (unpaired) electrons. The number of phenolic OH excluding ortho intramolecular Hbond substituents is 1. The van der Waals surface area contributed by atoms with Crippen molar-refractivity contribution in [2.45, 2.75) is 6.04 Å². The lowest BCUT2D eigenvalue weighted by Gasteiger charge is -2.23. The third-order valence-electron chi connectivity index (χ3n) is 2.24. The number of piperazine rings is 1. The summed E-state index contributed by atoms with van der Waals surface area (Å²) in [6.45, 7) is -0.0110. The Morgan fingerprint density at radius 3 is 2.73 bits per heavy atom. The molecule has 78 valence electrons. The summed E-state index contributed by atoms with van der Waals surface area (Å²) < 4.78 is 0. The number of hydrogen-bond donors (Lipinski definition) is 3. The van der Waals surface area contributed by atoms with Crippen molar-refractivity contribution in [1.29, 1.82) is 0 Å². The molecule has 0 aliphatic carbocycles. The summed E-state index contributed by atoms with van der Waals surface area (Å²) in [4.78, 5) is 22.6. The Morgan fingerprint density at radius 2 is 2.00 bits per heavy atom. The standard InChI is InChI=1S/C10H10N2O3/c13-7-4-2-1-3-6(7)9-10(15)11-5-8(14)12-9/h1-4,9,13H,5H2,(H,11,15)(H,12,14)/t9-/m1/s1. The predicted octanol–water partition coefficient (Wildman–Crippen LogP) is -0.321. The summed E-state index contributed by atoms with van der Waals surface area (Å²) in [5, 5.41) is 14.5. The maximum absolute atomic E-state index is 11.5. The first-order valence-electron chi connectivity index (χ1n) is 4.53. The largest absolute Gasteiger partial charge is 0.508 e. The number of rotatable bonds is 1. The maximum atomic E-state index is 11.5. The topological polar surface area (TPSA) is 78.4 Å². The van der Waals surface area contributed by atoms with Gasteiger partial charge in [-0.1, -0.05) is 18.2 Å². The average Bonchev–Trinajstić information content (AvgIpc) is 2.23. The Kier molecular flexibility index (Phi) is 2.29. The monoisotopic (exact) mass is 206 g/mol. The van der Waals surface area contributed by atoms with Crippen molar-refractivity contribution in [3.8, 4) is 5.75 Å². The SMILES string of the molecule is O=C1CNC(=O)[C@@H](c2ccccc2O)N1. The van der Waals surface area contributed by atoms with Gasteiger partial charge < -0.3 is 15.7 Å². The van der Waals surface area contributed by atoms with Crippen LogP contribution < -0.4 is 10.6 Å². The van der Waals surface area contributed by atoms with Gasteiger partial charge in [0, 0.05) is 5.56 Å². The lowest BCUT2D eigenvalue weighted by atomic mass is 10.0. The molecule has 0 bridgehead atoms. The second-order valence-electron chi connectivity index (χ2n) is 3.28. The van der Waals surface area contributed by atoms with Crippen LogP contribution in [0.25, 0.3) is 0 Å². The van der Waals surface area contributed by atoms with Gasteiger partial charge in [-0.2, -0.15) is 0 Å². The van der Waals surface area contributed by atoms with Gasteiger partial charge in [-0.15, -0.1) is 0 Å². The van der Waals surface area contributed by atoms with Gasteiger partial charge in [0.1, 0.15) is 11.8 Å². The molecule has 1 aliphatic heterocycles. The molecule has 3 N–H and O–H groups in total. The molecule has 2 amide bonds. The summed E-state index contributed by atoms with van der Waals surface area (Å²) in [6, 6.07) is 5.63. The highest BCUT2D eigenvalue weighted by molar-refractivity contribution is 5.95. The minimum Gasteiger partial charge on any atom is -0.508 e. The molecular formula is C10H10N2O3. The van der Waals surface area contributed by atoms with E-state index in [9.17, 15) is 14.7 Å². The van der Waals surface area contributed by atoms with Crippen LogP contribution in [0.3, 0.4) is 0 Å². The molecule has 1 aromatic carbocycles. The van der Waals surface area contributed by atoms with Crippen molar-refractivity contribution < 1.29 is 14.7 Å². The van der Waals surface area contributed by atoms with Crippen LogP contribution in [-0.4, -0.2) is 23.5 Å². The maximum Gasteiger partial charge on any atom is 0.247 e. The van der Waals surface area contributed by atoms with Crippen molar-refractivity contribution in [1.82, 2.24) is 10.6 Å². The van der Waals surface area contributed by atoms with E-state index < -0.39 is 6.04 Å². The summed E-state index contributed by atoms with van der Waals surface area (Å²) in [5.41, 5.74) is 0.406. The molecule has 1 heterocycles. The summed E-state index contributed by atoms with van der Waals surface area (Å²) in [5.74, 6) is -0.571. The van der Waals surface area contributed by atoms with Crippen molar-refractivity contribution in [2.75, 3.05) is 6.54 Å². The molecule has 1 aromatic rings. The number of hydrogen-bond acceptors (Lipinski definition) is 3. The summed E-state index contributed by atoms with van der Waals surface area (Å²) >= 11 is 0. The predicted molar refractivity (Wildman–Crippen MR) is 52.0 cm³/mol. The Bertz CT molecular complexity index is 417. The Morgan fingerprint density at radius 1 is 1.27 bits per heavy atom. The smallest absolute Gasteiger partial charge is 0.247 e. The van der Waals surface area contributed by atoms with Crippen LogP contribution in [0.15, 0.2) is 24.3 Å². The van der Waals surface area contributed by atoms with Gasteiger partial charge in [0.15, 0.2) is 0 Å². The molecule has 5 nitrogen and oxygen atoms in total. The second-order valence-corrected chi connectivity index (χ2v) is 3.28. The van der Waals surface area contributed by atoms with E-state index >= 15 is 0 Å². The van der Waals surface area contributed by atoms with Crippen LogP contribution in [0.1, 0.15) is 11.6 Å². The number of nitrogens with one attached hydrogen (secondary N) is 2. The zero-order valence-corrected chi connectivity index (χ0v) is 7.86. The van der Waals surface area contributed by atoms with Crippen LogP contribution >= 0.6 is 0 Å². The van der Waals surface area contributed by atoms with Crippen molar-refractivity contribution in [3.05, 3.63) is 29.8 Å². The number of benzene rings is 1. The first-order valence-corrected chi connectivity index (χ1v) is 4.53. The van der Waals surface area contributed by atoms with Gasteiger partial charge >= 0.3 is 0 Å². The number of para-hydroxylation sites is 1. The van der Waals surface area contributed by atoms with Crippen LogP contribution in [0.2, 0.25) is 0 Å². The molecule has 1 saturated heterocycles. The molecular weight excluding hydrogens is 196 g/mol. The molecule has 15 heavy (non-hydrogen) atoms. The number of carbonyl (C=O) groups excluding carboxylic acids is 2. The van der Waals surface area contributed by atoms with E-state index in [1.54, 1.807) is 18.2 Å². The zero-order chi connectivity index (χ0) is 10.8. The van der Waals surface area contributed by atoms with Gasteiger partial charge in [-0.25, -0.2) is 0 Å². The normalized spacial score (nSPS) is 20.7. The van der Waals surface area contributed by atoms with Gasteiger partial charge in [0.05, 0.1) is 6.54 Å². The molecule has 1 aliphatic rings. The van der Waals surface area contributed by atoms with Gasteiger partial charge in [-0.05, 0) is 6.07 Å². The first-order chi connectivity index (χ1) is 7.18. The van der Waals surface area contributed by atoms with Crippen LogP contribution in [0.5, 0.6) is 5.75 Å². The Balaban J connectivity index is 2.33. The lowest BCUT2D eigenvalue weighted by Crippen LogP contribution is -2.50. The molecule has 5 heteroatoms. The summed E-state index contributed by atoms with van der Waals surface area (Å²) in [6.07, 6.45) is 0. The van der Waals surface area contributed by atoms with E-state index in [0.717, 1.165) is 0 Å². The van der Waals surface area contributed by atoms with Crippen molar-refractivity contribution >= 4 is 11.8 Å². The second kappa shape index (κ2) is 3.61. The van der Waals surface area contributed by atoms with Crippen molar-refractivity contribution in [2.24, 2.45) is 0 Å². The Labute approximate surface area is 86.1 Å². The van der Waals surface area contributed by atoms with E-state index in [-0.39, 0.29) is 24.1 Å². The molecule has 0 spiro atoms. The molecule has 0 aromatic heterocycles. The molecule has 0 unspecified atom stereocenters. The fourth-order valence-electron chi connectivity index (χ4n) is 1.50. The highest BCUT2D eigenvalue weighted by Crippen LogP contribution is 2.24. The van der Waals surface area contributed by atoms with E-state index in [2.05, 4.69) is 10.6 Å². The fourth-order valence-corrected chi connectivity index (χ4v) is 1.50. The van der Waals surface area contributed by atoms with Gasteiger partial charge in [0.2, 0.25) is 11.8 Å². The third kappa shape index (κ3) is 1.76. The summed E-state index contributed by atoms with van der Waals surface area (Å²) in [7, 11) is 0. The van der Waals surface area contributed by atoms with Crippen molar-refractivity contribution in [3.63, 3.8) is 0 Å². The van der Waals surface area contributed by atoms with E-state index in [1.807, 2.05) is 0 Å². The van der Waals surface area contributed by atoms with E-state index in [1.165, 1.54) is 6.07 Å². The highest BCUT2D eigenvalue weighted by Gasteiger charge is 2.28. The zero-order valence-electron chi connectivity index (χ0n) is 7.86. The Hall–Kier alpha value is -2.04. The van der Waals surface area contributed by atoms with Gasteiger partial charge in [0.25, 0.3) is 0 Å². The number of phenols is 1. The van der Waals surface area contributed by atoms with Crippen LogP contribution in [0.4, 0.5) is 0 Å². The molecule has 1 atom stereocenters. The first kappa shape index (κ1) is 9.51. The van der Waals surface area contributed by atoms with Gasteiger partial charge in [-0.3, -0.25) is 9.59 Å².